The predicted octanol–water partition coefficient (Wildman–Crippen LogP) is 6.57. The summed E-state index contributed by atoms with van der Waals surface area (Å²) < 4.78 is 7.84. The molecule has 32 heavy (non-hydrogen) atoms. The second-order valence-corrected chi connectivity index (χ2v) is 9.19. The molecule has 0 atom stereocenters. The van der Waals surface area contributed by atoms with Gasteiger partial charge in [0.05, 0.1) is 10.6 Å². The van der Waals surface area contributed by atoms with Crippen LogP contribution in [-0.2, 0) is 0 Å². The maximum Gasteiger partial charge on any atom is 0.330 e. The van der Waals surface area contributed by atoms with Crippen molar-refractivity contribution >= 4 is 61.5 Å². The number of fused-ring (bicyclic) bond motifs is 7. The molecule has 0 N–H and O–H groups in total. The number of hydrogen-bond donors (Lipinski definition) is 0. The third kappa shape index (κ3) is 2.47. The lowest BCUT2D eigenvalue weighted by molar-refractivity contribution is 0.633. The van der Waals surface area contributed by atoms with Crippen molar-refractivity contribution in [1.82, 2.24) is 0 Å². The summed E-state index contributed by atoms with van der Waals surface area (Å²) in [5, 5.41) is 2.45. The lowest BCUT2D eigenvalue weighted by Crippen LogP contribution is -2.56. The summed E-state index contributed by atoms with van der Waals surface area (Å²) in [7, 11) is 0. The van der Waals surface area contributed by atoms with Crippen LogP contribution >= 0.6 is 11.3 Å². The molecule has 0 amide bonds. The van der Waals surface area contributed by atoms with E-state index in [1.165, 1.54) is 25.9 Å². The molecule has 0 fully saturated rings. The zero-order valence-electron chi connectivity index (χ0n) is 17.2. The Bertz CT molecular complexity index is 1460. The van der Waals surface area contributed by atoms with Gasteiger partial charge in [0.1, 0.15) is 5.58 Å². The lowest BCUT2D eigenvalue weighted by atomic mass is 9.46. The Morgan fingerprint density at radius 1 is 0.656 bits per heavy atom. The Morgan fingerprint density at radius 3 is 2.12 bits per heavy atom. The van der Waals surface area contributed by atoms with Crippen LogP contribution in [0.2, 0.25) is 0 Å². The van der Waals surface area contributed by atoms with E-state index in [9.17, 15) is 0 Å². The average Bonchev–Trinajstić information content (AvgIpc) is 3.43. The molecule has 4 heteroatoms. The summed E-state index contributed by atoms with van der Waals surface area (Å²) in [6, 6.07) is 38.6. The van der Waals surface area contributed by atoms with Crippen LogP contribution in [0.4, 0.5) is 11.4 Å². The predicted molar refractivity (Wildman–Crippen MR) is 137 cm³/mol. The highest BCUT2D eigenvalue weighted by atomic mass is 32.1. The Hall–Kier alpha value is -3.76. The molecule has 1 aliphatic heterocycles. The minimum atomic E-state index is 0.0539. The van der Waals surface area contributed by atoms with Crippen molar-refractivity contribution in [3.8, 4) is 10.6 Å². The number of anilines is 2. The number of rotatable bonds is 2. The summed E-state index contributed by atoms with van der Waals surface area (Å²) in [5.74, 6) is 0.971. The minimum Gasteiger partial charge on any atom is -0.453 e. The molecule has 2 aromatic heterocycles. The first-order valence-electron chi connectivity index (χ1n) is 10.8. The van der Waals surface area contributed by atoms with Crippen LogP contribution in [-0.4, -0.2) is 6.85 Å². The van der Waals surface area contributed by atoms with E-state index in [0.29, 0.717) is 0 Å². The van der Waals surface area contributed by atoms with Crippen LogP contribution in [0, 0.1) is 0 Å². The molecular weight excluding hydrogens is 409 g/mol. The molecule has 1 aliphatic rings. The number of para-hydroxylation sites is 2. The van der Waals surface area contributed by atoms with Gasteiger partial charge in [-0.1, -0.05) is 84.3 Å². The fraction of sp³-hybridized carbons (Fsp3) is 0. The van der Waals surface area contributed by atoms with Gasteiger partial charge < -0.3 is 9.23 Å². The van der Waals surface area contributed by atoms with Crippen molar-refractivity contribution in [1.29, 1.82) is 0 Å². The van der Waals surface area contributed by atoms with Gasteiger partial charge in [-0.05, 0) is 41.2 Å². The molecular formula is C28H18BNOS. The molecule has 7 rings (SSSR count). The fourth-order valence-corrected chi connectivity index (χ4v) is 6.22. The van der Waals surface area contributed by atoms with Crippen LogP contribution in [0.3, 0.4) is 0 Å². The zero-order chi connectivity index (χ0) is 21.1. The van der Waals surface area contributed by atoms with Crippen LogP contribution in [0.5, 0.6) is 0 Å². The second kappa shape index (κ2) is 6.88. The number of furan rings is 1. The smallest absolute Gasteiger partial charge is 0.330 e. The second-order valence-electron chi connectivity index (χ2n) is 8.14. The van der Waals surface area contributed by atoms with Gasteiger partial charge in [0.15, 0.2) is 5.76 Å². The van der Waals surface area contributed by atoms with Crippen LogP contribution < -0.4 is 15.7 Å². The van der Waals surface area contributed by atoms with E-state index in [-0.39, 0.29) is 6.85 Å². The van der Waals surface area contributed by atoms with Gasteiger partial charge >= 0.3 is 6.85 Å². The third-order valence-electron chi connectivity index (χ3n) is 6.33. The maximum atomic E-state index is 6.55. The average molecular weight is 427 g/mol. The molecule has 4 aromatic carbocycles. The fourth-order valence-electron chi connectivity index (χ4n) is 5.01. The minimum absolute atomic E-state index is 0.0539. The zero-order valence-corrected chi connectivity index (χ0v) is 18.0. The molecule has 0 radical (unpaired) electrons. The van der Waals surface area contributed by atoms with Crippen molar-refractivity contribution in [2.24, 2.45) is 0 Å². The first kappa shape index (κ1) is 17.9. The number of benzene rings is 4. The summed E-state index contributed by atoms with van der Waals surface area (Å²) >= 11 is 1.83. The highest BCUT2D eigenvalue weighted by molar-refractivity contribution is 7.25. The van der Waals surface area contributed by atoms with Gasteiger partial charge in [-0.2, -0.15) is 0 Å². The molecule has 0 saturated heterocycles. The maximum absolute atomic E-state index is 6.55. The molecule has 0 bridgehead atoms. The third-order valence-corrected chi connectivity index (χ3v) is 7.52. The van der Waals surface area contributed by atoms with Crippen molar-refractivity contribution in [3.63, 3.8) is 0 Å². The molecule has 0 aliphatic carbocycles. The largest absolute Gasteiger partial charge is 0.453 e. The molecule has 0 saturated carbocycles. The van der Waals surface area contributed by atoms with E-state index in [4.69, 9.17) is 4.42 Å². The van der Waals surface area contributed by atoms with Crippen LogP contribution in [0.1, 0.15) is 0 Å². The topological polar surface area (TPSA) is 16.4 Å². The normalized spacial score (nSPS) is 12.9. The standard InChI is InChI=1S/C28H18BNOS/c1-3-11-19(12-4-1)29-25-22-16-8-10-18-24(22)32-28(25)27-26(21-15-7-9-17-23(21)31-27)30(29)20-13-5-2-6-14-20/h1-18H. The SMILES string of the molecule is c1ccc(B2c3c(sc4ccccc34)-c3oc4ccccc4c3N2c2ccccc2)cc1. The van der Waals surface area contributed by atoms with E-state index >= 15 is 0 Å². The first-order valence-corrected chi connectivity index (χ1v) is 11.6. The quantitative estimate of drug-likeness (QED) is 0.291. The summed E-state index contributed by atoms with van der Waals surface area (Å²) in [6.45, 7) is 0.0539. The van der Waals surface area contributed by atoms with E-state index in [0.717, 1.165) is 28.1 Å². The van der Waals surface area contributed by atoms with E-state index in [1.807, 2.05) is 17.4 Å². The van der Waals surface area contributed by atoms with Crippen molar-refractivity contribution in [2.75, 3.05) is 4.81 Å². The van der Waals surface area contributed by atoms with E-state index < -0.39 is 0 Å². The van der Waals surface area contributed by atoms with Crippen molar-refractivity contribution < 1.29 is 4.42 Å². The Balaban J connectivity index is 1.66. The van der Waals surface area contributed by atoms with Crippen LogP contribution in [0.25, 0.3) is 31.7 Å². The summed E-state index contributed by atoms with van der Waals surface area (Å²) in [5.41, 5.74) is 5.84. The molecule has 0 spiro atoms. The van der Waals surface area contributed by atoms with Crippen molar-refractivity contribution in [2.45, 2.75) is 0 Å². The first-order chi connectivity index (χ1) is 15.9. The molecule has 2 nitrogen and oxygen atoms in total. The Morgan fingerprint density at radius 2 is 1.31 bits per heavy atom. The number of nitrogens with zero attached hydrogens (tertiary/aromatic N) is 1. The summed E-state index contributed by atoms with van der Waals surface area (Å²) in [6.07, 6.45) is 0. The molecule has 6 aromatic rings. The molecule has 0 unspecified atom stereocenters. The highest BCUT2D eigenvalue weighted by Crippen LogP contribution is 2.49. The lowest BCUT2D eigenvalue weighted by Gasteiger charge is -2.35. The summed E-state index contributed by atoms with van der Waals surface area (Å²) in [4.78, 5) is 3.70. The van der Waals surface area contributed by atoms with Crippen LogP contribution in [0.15, 0.2) is 114 Å². The number of hydrogen-bond acceptors (Lipinski definition) is 3. The van der Waals surface area contributed by atoms with E-state index in [2.05, 4.69) is 108 Å². The Kier molecular flexibility index (Phi) is 3.84. The van der Waals surface area contributed by atoms with Gasteiger partial charge in [-0.25, -0.2) is 0 Å². The van der Waals surface area contributed by atoms with Gasteiger partial charge in [0.25, 0.3) is 0 Å². The molecule has 150 valence electrons. The van der Waals surface area contributed by atoms with Gasteiger partial charge in [0.2, 0.25) is 0 Å². The van der Waals surface area contributed by atoms with Gasteiger partial charge in [0, 0.05) is 15.8 Å². The van der Waals surface area contributed by atoms with E-state index in [1.54, 1.807) is 0 Å². The van der Waals surface area contributed by atoms with Gasteiger partial charge in [-0.15, -0.1) is 11.3 Å². The monoisotopic (exact) mass is 427 g/mol. The van der Waals surface area contributed by atoms with Crippen molar-refractivity contribution in [3.05, 3.63) is 109 Å². The Labute approximate surface area is 190 Å². The number of thiophene rings is 1. The highest BCUT2D eigenvalue weighted by Gasteiger charge is 2.42. The molecule has 3 heterocycles. The van der Waals surface area contributed by atoms with Gasteiger partial charge in [-0.3, -0.25) is 0 Å².